The number of benzene rings is 2. The highest BCUT2D eigenvalue weighted by atomic mass is 35.5. The Labute approximate surface area is 129 Å². The molecule has 4 nitrogen and oxygen atoms in total. The molecule has 0 unspecified atom stereocenters. The molecule has 21 heavy (non-hydrogen) atoms. The van der Waals surface area contributed by atoms with E-state index in [1.54, 1.807) is 0 Å². The predicted molar refractivity (Wildman–Crippen MR) is 78.0 cm³/mol. The Bertz CT molecular complexity index is 790. The molecule has 0 aliphatic rings. The Morgan fingerprint density at radius 2 is 1.71 bits per heavy atom. The van der Waals surface area contributed by atoms with Gasteiger partial charge in [0, 0.05) is 11.8 Å². The maximum atomic E-state index is 13.6. The third-order valence-corrected chi connectivity index (χ3v) is 4.62. The molecule has 2 aromatic carbocycles. The van der Waals surface area contributed by atoms with Crippen molar-refractivity contribution in [3.05, 3.63) is 52.0 Å². The van der Waals surface area contributed by atoms with Crippen molar-refractivity contribution in [3.63, 3.8) is 0 Å². The molecule has 0 amide bonds. The van der Waals surface area contributed by atoms with Gasteiger partial charge in [0.15, 0.2) is 5.82 Å². The van der Waals surface area contributed by atoms with Crippen molar-refractivity contribution in [2.75, 3.05) is 10.5 Å². The first-order chi connectivity index (χ1) is 9.70. The monoisotopic (exact) mass is 352 g/mol. The lowest BCUT2D eigenvalue weighted by atomic mass is 10.3. The Kier molecular flexibility index (Phi) is 4.27. The minimum absolute atomic E-state index is 0.138. The molecule has 0 aliphatic heterocycles. The third kappa shape index (κ3) is 3.37. The first-order valence-corrected chi connectivity index (χ1v) is 7.67. The van der Waals surface area contributed by atoms with Gasteiger partial charge in [0.25, 0.3) is 10.0 Å². The molecular weight excluding hydrogens is 345 g/mol. The van der Waals surface area contributed by atoms with E-state index in [2.05, 4.69) is 0 Å². The van der Waals surface area contributed by atoms with Gasteiger partial charge in [-0.15, -0.1) is 0 Å². The van der Waals surface area contributed by atoms with Crippen molar-refractivity contribution < 1.29 is 17.2 Å². The molecule has 0 aliphatic carbocycles. The zero-order chi connectivity index (χ0) is 15.8. The minimum Gasteiger partial charge on any atom is -0.399 e. The molecule has 3 N–H and O–H groups in total. The molecule has 0 atom stereocenters. The van der Waals surface area contributed by atoms with Crippen molar-refractivity contribution in [2.45, 2.75) is 4.90 Å². The molecule has 0 radical (unpaired) electrons. The van der Waals surface area contributed by atoms with Gasteiger partial charge in [-0.25, -0.2) is 17.2 Å². The summed E-state index contributed by atoms with van der Waals surface area (Å²) >= 11 is 11.4. The lowest BCUT2D eigenvalue weighted by Gasteiger charge is -2.12. The van der Waals surface area contributed by atoms with Crippen LogP contribution in [0.15, 0.2) is 35.2 Å². The van der Waals surface area contributed by atoms with Crippen LogP contribution < -0.4 is 10.5 Å². The first-order valence-electron chi connectivity index (χ1n) is 5.43. The number of hydrogen-bond donors (Lipinski definition) is 2. The average molecular weight is 353 g/mol. The van der Waals surface area contributed by atoms with Crippen LogP contribution in [0.2, 0.25) is 10.0 Å². The lowest BCUT2D eigenvalue weighted by molar-refractivity contribution is 0.583. The summed E-state index contributed by atoms with van der Waals surface area (Å²) in [4.78, 5) is -0.307. The van der Waals surface area contributed by atoms with Crippen LogP contribution in [0.5, 0.6) is 0 Å². The standard InChI is InChI=1S/C12H8Cl2F2N2O2S/c13-8-5-7(17)1-2-11(8)21(19,20)18-12-9(14)3-6(15)4-10(12)16/h1-5,18H,17H2. The highest BCUT2D eigenvalue weighted by Gasteiger charge is 2.22. The quantitative estimate of drug-likeness (QED) is 0.828. The summed E-state index contributed by atoms with van der Waals surface area (Å²) in [5.41, 5.74) is 5.17. The van der Waals surface area contributed by atoms with Crippen molar-refractivity contribution in [2.24, 2.45) is 0 Å². The Morgan fingerprint density at radius 3 is 2.29 bits per heavy atom. The summed E-state index contributed by atoms with van der Waals surface area (Å²) < 4.78 is 52.8. The summed E-state index contributed by atoms with van der Waals surface area (Å²) in [6.07, 6.45) is 0. The topological polar surface area (TPSA) is 72.2 Å². The van der Waals surface area contributed by atoms with E-state index in [9.17, 15) is 17.2 Å². The largest absolute Gasteiger partial charge is 0.399 e. The summed E-state index contributed by atoms with van der Waals surface area (Å²) in [5.74, 6) is -2.07. The minimum atomic E-state index is -4.20. The van der Waals surface area contributed by atoms with Crippen LogP contribution in [0.4, 0.5) is 20.2 Å². The molecular formula is C12H8Cl2F2N2O2S. The van der Waals surface area contributed by atoms with Gasteiger partial charge in [0.05, 0.1) is 10.0 Å². The van der Waals surface area contributed by atoms with Gasteiger partial charge in [0.1, 0.15) is 16.4 Å². The summed E-state index contributed by atoms with van der Waals surface area (Å²) in [6.45, 7) is 0. The smallest absolute Gasteiger partial charge is 0.263 e. The first kappa shape index (κ1) is 15.8. The molecule has 2 aromatic rings. The van der Waals surface area contributed by atoms with Crippen LogP contribution in [-0.4, -0.2) is 8.42 Å². The number of halogens is 4. The molecule has 0 aromatic heterocycles. The second-order valence-corrected chi connectivity index (χ2v) is 6.51. The number of anilines is 2. The molecule has 112 valence electrons. The van der Waals surface area contributed by atoms with Crippen LogP contribution in [0.25, 0.3) is 0 Å². The SMILES string of the molecule is Nc1ccc(S(=O)(=O)Nc2c(F)cc(F)cc2Cl)c(Cl)c1. The number of sulfonamides is 1. The second-order valence-electron chi connectivity index (χ2n) is 4.04. The highest BCUT2D eigenvalue weighted by molar-refractivity contribution is 7.92. The van der Waals surface area contributed by atoms with Gasteiger partial charge in [0.2, 0.25) is 0 Å². The van der Waals surface area contributed by atoms with E-state index < -0.39 is 32.4 Å². The number of nitrogens with one attached hydrogen (secondary N) is 1. The fraction of sp³-hybridized carbons (Fsp3) is 0. The van der Waals surface area contributed by atoms with Crippen LogP contribution in [0.3, 0.4) is 0 Å². The van der Waals surface area contributed by atoms with E-state index in [4.69, 9.17) is 28.9 Å². The molecule has 0 heterocycles. The number of rotatable bonds is 3. The third-order valence-electron chi connectivity index (χ3n) is 2.49. The van der Waals surface area contributed by atoms with E-state index in [-0.39, 0.29) is 15.6 Å². The zero-order valence-corrected chi connectivity index (χ0v) is 12.5. The van der Waals surface area contributed by atoms with Crippen LogP contribution in [-0.2, 0) is 10.0 Å². The summed E-state index contributed by atoms with van der Waals surface area (Å²) in [5, 5.41) is -0.552. The molecule has 0 saturated carbocycles. The normalized spacial score (nSPS) is 11.4. The van der Waals surface area contributed by atoms with Crippen LogP contribution in [0, 0.1) is 11.6 Å². The van der Waals surface area contributed by atoms with E-state index >= 15 is 0 Å². The average Bonchev–Trinajstić information content (AvgIpc) is 2.33. The van der Waals surface area contributed by atoms with E-state index in [1.807, 2.05) is 4.72 Å². The highest BCUT2D eigenvalue weighted by Crippen LogP contribution is 2.31. The second kappa shape index (κ2) is 5.67. The van der Waals surface area contributed by atoms with Crippen molar-refractivity contribution in [1.82, 2.24) is 0 Å². The van der Waals surface area contributed by atoms with Gasteiger partial charge < -0.3 is 5.73 Å². The van der Waals surface area contributed by atoms with Crippen LogP contribution >= 0.6 is 23.2 Å². The number of nitrogens with two attached hydrogens (primary N) is 1. The fourth-order valence-electron chi connectivity index (χ4n) is 1.56. The van der Waals surface area contributed by atoms with Gasteiger partial charge in [-0.05, 0) is 24.3 Å². The molecule has 0 spiro atoms. The van der Waals surface area contributed by atoms with Crippen molar-refractivity contribution >= 4 is 44.6 Å². The fourth-order valence-corrected chi connectivity index (χ4v) is 3.50. The molecule has 0 saturated heterocycles. The van der Waals surface area contributed by atoms with Gasteiger partial charge in [-0.3, -0.25) is 4.72 Å². The number of hydrogen-bond acceptors (Lipinski definition) is 3. The molecule has 9 heteroatoms. The summed E-state index contributed by atoms with van der Waals surface area (Å²) in [7, 11) is -4.20. The Balaban J connectivity index is 2.47. The Hall–Kier alpha value is -1.57. The Morgan fingerprint density at radius 1 is 1.05 bits per heavy atom. The van der Waals surface area contributed by atoms with E-state index in [0.717, 1.165) is 12.1 Å². The van der Waals surface area contributed by atoms with Gasteiger partial charge in [-0.1, -0.05) is 23.2 Å². The maximum Gasteiger partial charge on any atom is 0.263 e. The van der Waals surface area contributed by atoms with E-state index in [0.29, 0.717) is 6.07 Å². The molecule has 0 bridgehead atoms. The molecule has 0 fully saturated rings. The summed E-state index contributed by atoms with van der Waals surface area (Å²) in [6, 6.07) is 5.01. The van der Waals surface area contributed by atoms with E-state index in [1.165, 1.54) is 12.1 Å². The molecule has 2 rings (SSSR count). The predicted octanol–water partition coefficient (Wildman–Crippen LogP) is 3.65. The van der Waals surface area contributed by atoms with Crippen LogP contribution in [0.1, 0.15) is 0 Å². The maximum absolute atomic E-state index is 13.6. The number of nitrogen functional groups attached to an aromatic ring is 1. The van der Waals surface area contributed by atoms with Crippen molar-refractivity contribution in [3.8, 4) is 0 Å². The van der Waals surface area contributed by atoms with Gasteiger partial charge >= 0.3 is 0 Å². The van der Waals surface area contributed by atoms with Gasteiger partial charge in [-0.2, -0.15) is 0 Å². The van der Waals surface area contributed by atoms with Crippen molar-refractivity contribution in [1.29, 1.82) is 0 Å². The lowest BCUT2D eigenvalue weighted by Crippen LogP contribution is -2.15. The zero-order valence-electron chi connectivity index (χ0n) is 10.2.